The normalized spacial score (nSPS) is 18.5. The van der Waals surface area contributed by atoms with Crippen LogP contribution in [0.2, 0.25) is 0 Å². The molecule has 2 aromatic rings. The fraction of sp³-hybridized carbons (Fsp3) is 0.562. The van der Waals surface area contributed by atoms with Crippen LogP contribution in [-0.4, -0.2) is 16.1 Å². The Labute approximate surface area is 213 Å². The number of carboxylic acid groups (broad SMARTS) is 1. The second-order valence-corrected chi connectivity index (χ2v) is 10.3. The molecule has 1 saturated carbocycles. The van der Waals surface area contributed by atoms with Crippen molar-refractivity contribution in [3.05, 3.63) is 65.4 Å². The molecule has 3 heteroatoms. The highest BCUT2D eigenvalue weighted by atomic mass is 16.4. The van der Waals surface area contributed by atoms with Gasteiger partial charge < -0.3 is 5.11 Å². The Balaban J connectivity index is 1.51. The Morgan fingerprint density at radius 2 is 1.57 bits per heavy atom. The van der Waals surface area contributed by atoms with Crippen LogP contribution in [0, 0.1) is 5.92 Å². The molecular formula is C32H45NO2. The predicted molar refractivity (Wildman–Crippen MR) is 147 cm³/mol. The lowest BCUT2D eigenvalue weighted by molar-refractivity contribution is -0.133. The van der Waals surface area contributed by atoms with E-state index in [-0.39, 0.29) is 5.92 Å². The highest BCUT2D eigenvalue weighted by Gasteiger charge is 2.27. The number of aromatic nitrogens is 1. The van der Waals surface area contributed by atoms with E-state index in [1.165, 1.54) is 56.1 Å². The smallest absolute Gasteiger partial charge is 0.331 e. The zero-order valence-corrected chi connectivity index (χ0v) is 22.0. The monoisotopic (exact) mass is 475 g/mol. The van der Waals surface area contributed by atoms with Crippen molar-refractivity contribution in [2.45, 2.75) is 110 Å². The van der Waals surface area contributed by atoms with Crippen molar-refractivity contribution >= 4 is 5.97 Å². The summed E-state index contributed by atoms with van der Waals surface area (Å²) < 4.78 is 0. The molecule has 1 heterocycles. The first-order valence-corrected chi connectivity index (χ1v) is 14.1. The van der Waals surface area contributed by atoms with E-state index in [2.05, 4.69) is 50.2 Å². The summed E-state index contributed by atoms with van der Waals surface area (Å²) in [6.45, 7) is 4.45. The maximum atomic E-state index is 11.9. The SMILES string of the molecule is CCCCCCCC=C(C(=O)O)[C@H]1CC[C@H](c2ccc(-c3ccc(CCCCC)cn3)cc2)CC1. The molecule has 3 nitrogen and oxygen atoms in total. The first kappa shape index (κ1) is 27.2. The van der Waals surface area contributed by atoms with Gasteiger partial charge in [-0.15, -0.1) is 0 Å². The van der Waals surface area contributed by atoms with Crippen LogP contribution in [0.15, 0.2) is 54.2 Å². The van der Waals surface area contributed by atoms with E-state index in [1.54, 1.807) is 0 Å². The number of unbranched alkanes of at least 4 members (excludes halogenated alkanes) is 7. The minimum absolute atomic E-state index is 0.207. The van der Waals surface area contributed by atoms with Gasteiger partial charge in [0.05, 0.1) is 5.69 Å². The quantitative estimate of drug-likeness (QED) is 0.219. The van der Waals surface area contributed by atoms with Crippen LogP contribution < -0.4 is 0 Å². The number of carboxylic acids is 1. The molecule has 1 aliphatic carbocycles. The molecule has 0 bridgehead atoms. The fourth-order valence-electron chi connectivity index (χ4n) is 5.42. The second-order valence-electron chi connectivity index (χ2n) is 10.3. The third kappa shape index (κ3) is 8.63. The van der Waals surface area contributed by atoms with Crippen molar-refractivity contribution < 1.29 is 9.90 Å². The molecule has 0 radical (unpaired) electrons. The zero-order valence-electron chi connectivity index (χ0n) is 22.0. The summed E-state index contributed by atoms with van der Waals surface area (Å²) in [5.74, 6) is 0.0206. The molecule has 1 aliphatic rings. The van der Waals surface area contributed by atoms with E-state index in [4.69, 9.17) is 4.98 Å². The van der Waals surface area contributed by atoms with Gasteiger partial charge in [-0.1, -0.05) is 88.8 Å². The molecule has 35 heavy (non-hydrogen) atoms. The van der Waals surface area contributed by atoms with E-state index in [0.717, 1.165) is 56.2 Å². The number of carbonyl (C=O) groups is 1. The highest BCUT2D eigenvalue weighted by Crippen LogP contribution is 2.39. The van der Waals surface area contributed by atoms with Crippen molar-refractivity contribution in [1.82, 2.24) is 4.98 Å². The lowest BCUT2D eigenvalue weighted by Gasteiger charge is -2.29. The molecule has 3 rings (SSSR count). The summed E-state index contributed by atoms with van der Waals surface area (Å²) in [6.07, 6.45) is 20.0. The second kappa shape index (κ2) is 14.9. The van der Waals surface area contributed by atoms with Gasteiger partial charge in [0, 0.05) is 17.3 Å². The molecule has 190 valence electrons. The Hall–Kier alpha value is -2.42. The molecular weight excluding hydrogens is 430 g/mol. The van der Waals surface area contributed by atoms with Gasteiger partial charge in [0.15, 0.2) is 0 Å². The molecule has 1 aromatic heterocycles. The Morgan fingerprint density at radius 1 is 0.886 bits per heavy atom. The molecule has 0 saturated heterocycles. The standard InChI is InChI=1S/C32H45NO2/c1-3-5-7-8-9-11-13-30(32(34)35)28-19-15-26(16-20-28)27-17-21-29(22-18-27)31-23-14-25(24-33-31)12-10-6-4-2/h13-14,17-18,21-24,26,28H,3-12,15-16,19-20H2,1-2H3,(H,34,35)/t26-,28-. The lowest BCUT2D eigenvalue weighted by atomic mass is 9.75. The van der Waals surface area contributed by atoms with Crippen molar-refractivity contribution in [2.75, 3.05) is 0 Å². The Kier molecular flexibility index (Phi) is 11.5. The third-order valence-electron chi connectivity index (χ3n) is 7.66. The van der Waals surface area contributed by atoms with Gasteiger partial charge in [-0.2, -0.15) is 0 Å². The number of pyridine rings is 1. The summed E-state index contributed by atoms with van der Waals surface area (Å²) in [6, 6.07) is 13.3. The zero-order chi connectivity index (χ0) is 24.9. The highest BCUT2D eigenvalue weighted by molar-refractivity contribution is 5.87. The van der Waals surface area contributed by atoms with Crippen LogP contribution in [0.3, 0.4) is 0 Å². The number of aliphatic carboxylic acids is 1. The summed E-state index contributed by atoms with van der Waals surface area (Å²) in [7, 11) is 0. The molecule has 1 N–H and O–H groups in total. The molecule has 0 spiro atoms. The molecule has 1 aromatic carbocycles. The summed E-state index contributed by atoms with van der Waals surface area (Å²) >= 11 is 0. The third-order valence-corrected chi connectivity index (χ3v) is 7.66. The lowest BCUT2D eigenvalue weighted by Crippen LogP contribution is -2.19. The van der Waals surface area contributed by atoms with Gasteiger partial charge >= 0.3 is 5.97 Å². The maximum absolute atomic E-state index is 11.9. The van der Waals surface area contributed by atoms with Crippen LogP contribution in [-0.2, 0) is 11.2 Å². The molecule has 1 fully saturated rings. The average Bonchev–Trinajstić information content (AvgIpc) is 2.89. The number of nitrogens with zero attached hydrogens (tertiary/aromatic N) is 1. The fourth-order valence-corrected chi connectivity index (χ4v) is 5.42. The van der Waals surface area contributed by atoms with Crippen LogP contribution in [0.5, 0.6) is 0 Å². The van der Waals surface area contributed by atoms with Gasteiger partial charge in [0.25, 0.3) is 0 Å². The first-order valence-electron chi connectivity index (χ1n) is 14.1. The van der Waals surface area contributed by atoms with Gasteiger partial charge in [0.2, 0.25) is 0 Å². The summed E-state index contributed by atoms with van der Waals surface area (Å²) in [5.41, 5.74) is 5.56. The largest absolute Gasteiger partial charge is 0.478 e. The van der Waals surface area contributed by atoms with Crippen LogP contribution >= 0.6 is 0 Å². The maximum Gasteiger partial charge on any atom is 0.331 e. The Bertz CT molecular complexity index is 906. The van der Waals surface area contributed by atoms with Gasteiger partial charge in [-0.3, -0.25) is 4.98 Å². The van der Waals surface area contributed by atoms with Gasteiger partial charge in [-0.25, -0.2) is 4.79 Å². The topological polar surface area (TPSA) is 50.2 Å². The van der Waals surface area contributed by atoms with E-state index in [1.807, 2.05) is 12.3 Å². The minimum atomic E-state index is -0.713. The number of benzene rings is 1. The predicted octanol–water partition coefficient (Wildman–Crippen LogP) is 9.13. The summed E-state index contributed by atoms with van der Waals surface area (Å²) in [5, 5.41) is 9.78. The van der Waals surface area contributed by atoms with Gasteiger partial charge in [0.1, 0.15) is 0 Å². The molecule has 0 amide bonds. The number of hydrogen-bond donors (Lipinski definition) is 1. The van der Waals surface area contributed by atoms with E-state index in [0.29, 0.717) is 11.5 Å². The number of allylic oxidation sites excluding steroid dienone is 1. The number of hydrogen-bond acceptors (Lipinski definition) is 2. The van der Waals surface area contributed by atoms with E-state index < -0.39 is 5.97 Å². The van der Waals surface area contributed by atoms with E-state index in [9.17, 15) is 9.90 Å². The van der Waals surface area contributed by atoms with Gasteiger partial charge in [-0.05, 0) is 80.4 Å². The van der Waals surface area contributed by atoms with Crippen molar-refractivity contribution in [1.29, 1.82) is 0 Å². The first-order chi connectivity index (χ1) is 17.1. The number of rotatable bonds is 14. The van der Waals surface area contributed by atoms with Crippen LogP contribution in [0.1, 0.15) is 114 Å². The molecule has 0 atom stereocenters. The van der Waals surface area contributed by atoms with Crippen LogP contribution in [0.4, 0.5) is 0 Å². The van der Waals surface area contributed by atoms with E-state index >= 15 is 0 Å². The molecule has 0 aliphatic heterocycles. The molecule has 0 unspecified atom stereocenters. The number of aryl methyl sites for hydroxylation is 1. The van der Waals surface area contributed by atoms with Crippen molar-refractivity contribution in [3.63, 3.8) is 0 Å². The minimum Gasteiger partial charge on any atom is -0.478 e. The van der Waals surface area contributed by atoms with Crippen molar-refractivity contribution in [2.24, 2.45) is 5.92 Å². The summed E-state index contributed by atoms with van der Waals surface area (Å²) in [4.78, 5) is 16.6. The Morgan fingerprint density at radius 3 is 2.20 bits per heavy atom. The van der Waals surface area contributed by atoms with Crippen LogP contribution in [0.25, 0.3) is 11.3 Å². The van der Waals surface area contributed by atoms with Crippen molar-refractivity contribution in [3.8, 4) is 11.3 Å². The average molecular weight is 476 g/mol.